The number of phenolic OH excluding ortho intramolecular Hbond substituents is 1. The molecule has 31 heavy (non-hydrogen) atoms. The van der Waals surface area contributed by atoms with Crippen molar-refractivity contribution in [1.82, 2.24) is 20.5 Å². The first-order chi connectivity index (χ1) is 15.2. The number of hydrogen-bond acceptors (Lipinski definition) is 5. The number of piperazine rings is 1. The molecule has 0 bridgehead atoms. The molecule has 3 heterocycles. The molecule has 3 N–H and O–H groups in total. The van der Waals surface area contributed by atoms with E-state index in [0.29, 0.717) is 5.65 Å². The van der Waals surface area contributed by atoms with Gasteiger partial charge in [0.15, 0.2) is 5.65 Å². The Balaban J connectivity index is 1.62. The van der Waals surface area contributed by atoms with Crippen LogP contribution in [0.3, 0.4) is 0 Å². The van der Waals surface area contributed by atoms with E-state index in [1.54, 1.807) is 12.1 Å². The third-order valence-corrected chi connectivity index (χ3v) is 5.64. The Kier molecular flexibility index (Phi) is 5.14. The van der Waals surface area contributed by atoms with Crippen molar-refractivity contribution >= 4 is 28.9 Å². The molecular weight excluding hydrogens is 386 g/mol. The standard InChI is InChI=1S/C25H25N5O/c1-17-3-2-4-18(15-17)5-10-21-24-23(30-13-11-26-12-14-30)16-22(27-25(24)29-28-21)19-6-8-20(31)9-7-19/h2-10,15-16,26,31H,11-14H2,1H3,(H,27,28,29)/b10-5+. The molecule has 0 spiro atoms. The normalized spacial score (nSPS) is 14.5. The number of rotatable bonds is 4. The number of benzene rings is 2. The molecule has 0 radical (unpaired) electrons. The summed E-state index contributed by atoms with van der Waals surface area (Å²) < 4.78 is 0. The van der Waals surface area contributed by atoms with Crippen molar-refractivity contribution in [1.29, 1.82) is 0 Å². The van der Waals surface area contributed by atoms with Gasteiger partial charge in [0, 0.05) is 31.7 Å². The maximum absolute atomic E-state index is 9.65. The number of aromatic amines is 1. The molecule has 1 saturated heterocycles. The lowest BCUT2D eigenvalue weighted by Crippen LogP contribution is -2.43. The molecule has 1 fully saturated rings. The van der Waals surface area contributed by atoms with E-state index in [0.717, 1.165) is 59.8 Å². The van der Waals surface area contributed by atoms with Gasteiger partial charge in [-0.05, 0) is 48.9 Å². The second-order valence-corrected chi connectivity index (χ2v) is 7.89. The molecular formula is C25H25N5O. The van der Waals surface area contributed by atoms with Crippen LogP contribution in [0.2, 0.25) is 0 Å². The number of hydrogen-bond donors (Lipinski definition) is 3. The Bertz CT molecular complexity index is 1240. The van der Waals surface area contributed by atoms with E-state index in [1.807, 2.05) is 12.1 Å². The maximum Gasteiger partial charge on any atom is 0.184 e. The van der Waals surface area contributed by atoms with Crippen LogP contribution in [0, 0.1) is 6.92 Å². The Morgan fingerprint density at radius 2 is 1.81 bits per heavy atom. The summed E-state index contributed by atoms with van der Waals surface area (Å²) >= 11 is 0. The van der Waals surface area contributed by atoms with Crippen molar-refractivity contribution in [2.75, 3.05) is 31.1 Å². The van der Waals surface area contributed by atoms with Crippen LogP contribution in [-0.4, -0.2) is 46.5 Å². The lowest BCUT2D eigenvalue weighted by Gasteiger charge is -2.30. The van der Waals surface area contributed by atoms with Gasteiger partial charge in [0.25, 0.3) is 0 Å². The van der Waals surface area contributed by atoms with E-state index in [1.165, 1.54) is 5.56 Å². The molecule has 0 amide bonds. The second-order valence-electron chi connectivity index (χ2n) is 7.89. The quantitative estimate of drug-likeness (QED) is 0.469. The van der Waals surface area contributed by atoms with Gasteiger partial charge < -0.3 is 15.3 Å². The van der Waals surface area contributed by atoms with Crippen LogP contribution in [0.1, 0.15) is 16.8 Å². The first-order valence-electron chi connectivity index (χ1n) is 10.6. The third kappa shape index (κ3) is 4.02. The van der Waals surface area contributed by atoms with Crippen molar-refractivity contribution in [3.05, 3.63) is 71.4 Å². The zero-order valence-corrected chi connectivity index (χ0v) is 17.5. The van der Waals surface area contributed by atoms with Gasteiger partial charge in [-0.15, -0.1) is 0 Å². The number of pyridine rings is 1. The van der Waals surface area contributed by atoms with Gasteiger partial charge in [-0.3, -0.25) is 5.10 Å². The predicted molar refractivity (Wildman–Crippen MR) is 126 cm³/mol. The Labute approximate surface area is 181 Å². The number of phenols is 1. The van der Waals surface area contributed by atoms with E-state index in [4.69, 9.17) is 4.98 Å². The average molecular weight is 412 g/mol. The lowest BCUT2D eigenvalue weighted by molar-refractivity contribution is 0.475. The molecule has 5 rings (SSSR count). The first-order valence-corrected chi connectivity index (χ1v) is 10.6. The van der Waals surface area contributed by atoms with Crippen LogP contribution >= 0.6 is 0 Å². The van der Waals surface area contributed by atoms with E-state index >= 15 is 0 Å². The number of nitrogens with zero attached hydrogens (tertiary/aromatic N) is 3. The molecule has 0 saturated carbocycles. The molecule has 6 heteroatoms. The van der Waals surface area contributed by atoms with Crippen LogP contribution in [0.4, 0.5) is 5.69 Å². The molecule has 2 aromatic heterocycles. The Morgan fingerprint density at radius 1 is 1.00 bits per heavy atom. The second kappa shape index (κ2) is 8.24. The largest absolute Gasteiger partial charge is 0.508 e. The smallest absolute Gasteiger partial charge is 0.184 e. The maximum atomic E-state index is 9.65. The van der Waals surface area contributed by atoms with Gasteiger partial charge in [-0.2, -0.15) is 5.10 Å². The minimum absolute atomic E-state index is 0.246. The summed E-state index contributed by atoms with van der Waals surface area (Å²) in [6.07, 6.45) is 4.19. The number of fused-ring (bicyclic) bond motifs is 1. The topological polar surface area (TPSA) is 77.1 Å². The van der Waals surface area contributed by atoms with Gasteiger partial charge in [0.1, 0.15) is 5.75 Å². The number of H-pyrrole nitrogens is 1. The van der Waals surface area contributed by atoms with Crippen LogP contribution in [0.5, 0.6) is 5.75 Å². The molecule has 0 aliphatic carbocycles. The van der Waals surface area contributed by atoms with Crippen molar-refractivity contribution < 1.29 is 5.11 Å². The SMILES string of the molecule is Cc1cccc(/C=C/c2[nH]nc3nc(-c4ccc(O)cc4)cc(N4CCNCC4)c23)c1. The highest BCUT2D eigenvalue weighted by molar-refractivity contribution is 5.99. The number of aromatic nitrogens is 3. The lowest BCUT2D eigenvalue weighted by atomic mass is 10.1. The molecule has 2 aromatic carbocycles. The number of aromatic hydroxyl groups is 1. The van der Waals surface area contributed by atoms with Crippen molar-refractivity contribution in [2.24, 2.45) is 0 Å². The monoisotopic (exact) mass is 411 g/mol. The Morgan fingerprint density at radius 3 is 2.58 bits per heavy atom. The fourth-order valence-corrected chi connectivity index (χ4v) is 4.04. The van der Waals surface area contributed by atoms with Gasteiger partial charge in [0.2, 0.25) is 0 Å². The van der Waals surface area contributed by atoms with Crippen LogP contribution in [0.25, 0.3) is 34.4 Å². The van der Waals surface area contributed by atoms with Crippen molar-refractivity contribution in [3.8, 4) is 17.0 Å². The summed E-state index contributed by atoms with van der Waals surface area (Å²) in [5.41, 5.74) is 6.97. The third-order valence-electron chi connectivity index (χ3n) is 5.64. The molecule has 156 valence electrons. The Hall–Kier alpha value is -3.64. The summed E-state index contributed by atoms with van der Waals surface area (Å²) in [5.74, 6) is 0.246. The summed E-state index contributed by atoms with van der Waals surface area (Å²) in [7, 11) is 0. The van der Waals surface area contributed by atoms with Crippen molar-refractivity contribution in [3.63, 3.8) is 0 Å². The minimum atomic E-state index is 0.246. The van der Waals surface area contributed by atoms with E-state index in [9.17, 15) is 5.11 Å². The van der Waals surface area contributed by atoms with E-state index in [-0.39, 0.29) is 5.75 Å². The zero-order valence-electron chi connectivity index (χ0n) is 17.5. The minimum Gasteiger partial charge on any atom is -0.508 e. The van der Waals surface area contributed by atoms with Gasteiger partial charge >= 0.3 is 0 Å². The molecule has 0 unspecified atom stereocenters. The van der Waals surface area contributed by atoms with E-state index < -0.39 is 0 Å². The number of nitrogens with one attached hydrogen (secondary N) is 2. The summed E-state index contributed by atoms with van der Waals surface area (Å²) in [6, 6.07) is 17.7. The summed E-state index contributed by atoms with van der Waals surface area (Å²) in [4.78, 5) is 7.21. The molecule has 1 aliphatic heterocycles. The molecule has 0 atom stereocenters. The number of aryl methyl sites for hydroxylation is 1. The predicted octanol–water partition coefficient (Wildman–Crippen LogP) is 4.22. The zero-order chi connectivity index (χ0) is 21.2. The number of anilines is 1. The molecule has 4 aromatic rings. The highest BCUT2D eigenvalue weighted by Gasteiger charge is 2.19. The first kappa shape index (κ1) is 19.3. The fraction of sp³-hybridized carbons (Fsp3) is 0.200. The summed E-state index contributed by atoms with van der Waals surface area (Å²) in [5, 5.41) is 21.8. The van der Waals surface area contributed by atoms with E-state index in [2.05, 4.69) is 69.8 Å². The molecule has 6 nitrogen and oxygen atoms in total. The summed E-state index contributed by atoms with van der Waals surface area (Å²) in [6.45, 7) is 5.86. The highest BCUT2D eigenvalue weighted by atomic mass is 16.3. The van der Waals surface area contributed by atoms with Gasteiger partial charge in [-0.25, -0.2) is 4.98 Å². The average Bonchev–Trinajstić information content (AvgIpc) is 3.21. The van der Waals surface area contributed by atoms with Crippen molar-refractivity contribution in [2.45, 2.75) is 6.92 Å². The van der Waals surface area contributed by atoms with Crippen LogP contribution in [-0.2, 0) is 0 Å². The van der Waals surface area contributed by atoms with Gasteiger partial charge in [-0.1, -0.05) is 35.9 Å². The van der Waals surface area contributed by atoms with Gasteiger partial charge in [0.05, 0.1) is 22.5 Å². The fourth-order valence-electron chi connectivity index (χ4n) is 4.04. The molecule has 1 aliphatic rings. The van der Waals surface area contributed by atoms with Crippen LogP contribution < -0.4 is 10.2 Å². The highest BCUT2D eigenvalue weighted by Crippen LogP contribution is 2.33. The van der Waals surface area contributed by atoms with Crippen LogP contribution in [0.15, 0.2) is 54.6 Å².